The predicted octanol–water partition coefficient (Wildman–Crippen LogP) is 4.30. The summed E-state index contributed by atoms with van der Waals surface area (Å²) >= 11 is 2.84. The van der Waals surface area contributed by atoms with E-state index >= 15 is 0 Å². The van der Waals surface area contributed by atoms with E-state index in [9.17, 15) is 9.59 Å². The quantitative estimate of drug-likeness (QED) is 0.477. The Bertz CT molecular complexity index is 1440. The summed E-state index contributed by atoms with van der Waals surface area (Å²) in [5.74, 6) is 0.681. The Morgan fingerprint density at radius 2 is 2.06 bits per heavy atom. The van der Waals surface area contributed by atoms with Crippen molar-refractivity contribution < 1.29 is 14.3 Å². The molecule has 6 nitrogen and oxygen atoms in total. The lowest BCUT2D eigenvalue weighted by molar-refractivity contribution is -0.139. The maximum absolute atomic E-state index is 13.7. The van der Waals surface area contributed by atoms with Crippen LogP contribution in [-0.2, 0) is 9.53 Å². The van der Waals surface area contributed by atoms with Crippen molar-refractivity contribution in [2.75, 3.05) is 13.7 Å². The standard InChI is InChI=1S/C26H28N2O4S2/c1-7-32-25(30)22-16(5)27-26-28(23(22)20-9-8-10-33-20)24(29)21(34-26)13-17-12-18(14(2)3)19(31-6)11-15(17)4/h8-14,23H,7H2,1-6H3/b21-13+/t23-/m1/s1. The number of fused-ring (bicyclic) bond motifs is 1. The molecule has 0 aliphatic carbocycles. The molecule has 0 fully saturated rings. The number of carbonyl (C=O) groups is 1. The number of carbonyl (C=O) groups excluding carboxylic acids is 1. The highest BCUT2D eigenvalue weighted by Crippen LogP contribution is 2.33. The highest BCUT2D eigenvalue weighted by molar-refractivity contribution is 7.10. The van der Waals surface area contributed by atoms with E-state index in [4.69, 9.17) is 9.47 Å². The topological polar surface area (TPSA) is 69.9 Å². The number of hydrogen-bond acceptors (Lipinski definition) is 7. The summed E-state index contributed by atoms with van der Waals surface area (Å²) in [6.45, 7) is 10.1. The van der Waals surface area contributed by atoms with Gasteiger partial charge in [-0.15, -0.1) is 11.3 Å². The first-order valence-corrected chi connectivity index (χ1v) is 12.9. The Kier molecular flexibility index (Phi) is 6.91. The number of thiazole rings is 1. The first-order chi connectivity index (χ1) is 16.3. The van der Waals surface area contributed by atoms with Crippen molar-refractivity contribution >= 4 is 34.7 Å². The highest BCUT2D eigenvalue weighted by Gasteiger charge is 2.33. The van der Waals surface area contributed by atoms with Crippen molar-refractivity contribution in [2.45, 2.75) is 46.6 Å². The second kappa shape index (κ2) is 9.72. The molecule has 0 N–H and O–H groups in total. The molecule has 0 amide bonds. The van der Waals surface area contributed by atoms with Gasteiger partial charge in [-0.25, -0.2) is 9.79 Å². The minimum Gasteiger partial charge on any atom is -0.496 e. The van der Waals surface area contributed by atoms with Gasteiger partial charge in [-0.1, -0.05) is 31.3 Å². The van der Waals surface area contributed by atoms with Crippen molar-refractivity contribution in [3.8, 4) is 5.75 Å². The van der Waals surface area contributed by atoms with Gasteiger partial charge in [0, 0.05) is 4.88 Å². The SMILES string of the molecule is CCOC(=O)C1=C(C)N=c2s/c(=C/c3cc(C(C)C)c(OC)cc3C)c(=O)n2[C@@H]1c1cccs1. The van der Waals surface area contributed by atoms with Crippen LogP contribution in [0.2, 0.25) is 0 Å². The van der Waals surface area contributed by atoms with Crippen LogP contribution in [0.1, 0.15) is 61.2 Å². The Labute approximate surface area is 206 Å². The van der Waals surface area contributed by atoms with Crippen LogP contribution in [0.3, 0.4) is 0 Å². The summed E-state index contributed by atoms with van der Waals surface area (Å²) in [7, 11) is 1.67. The summed E-state index contributed by atoms with van der Waals surface area (Å²) in [4.78, 5) is 32.7. The van der Waals surface area contributed by atoms with Crippen LogP contribution in [0.25, 0.3) is 6.08 Å². The van der Waals surface area contributed by atoms with Gasteiger partial charge in [0.2, 0.25) is 0 Å². The predicted molar refractivity (Wildman–Crippen MR) is 137 cm³/mol. The van der Waals surface area contributed by atoms with Crippen LogP contribution in [0.5, 0.6) is 5.75 Å². The molecule has 2 aromatic heterocycles. The molecule has 0 spiro atoms. The van der Waals surface area contributed by atoms with Gasteiger partial charge in [0.05, 0.1) is 29.5 Å². The van der Waals surface area contributed by atoms with Crippen LogP contribution in [0.4, 0.5) is 0 Å². The third kappa shape index (κ3) is 4.28. The Balaban J connectivity index is 1.94. The van der Waals surface area contributed by atoms with Gasteiger partial charge >= 0.3 is 5.97 Å². The second-order valence-electron chi connectivity index (χ2n) is 8.42. The third-order valence-corrected chi connectivity index (χ3v) is 7.76. The summed E-state index contributed by atoms with van der Waals surface area (Å²) in [6.07, 6.45) is 1.92. The van der Waals surface area contributed by atoms with Gasteiger partial charge in [-0.05, 0) is 73.0 Å². The zero-order chi connectivity index (χ0) is 24.6. The van der Waals surface area contributed by atoms with Gasteiger partial charge in [0.15, 0.2) is 4.80 Å². The molecule has 0 saturated heterocycles. The Morgan fingerprint density at radius 3 is 2.68 bits per heavy atom. The second-order valence-corrected chi connectivity index (χ2v) is 10.4. The minimum absolute atomic E-state index is 0.169. The molecule has 0 bridgehead atoms. The van der Waals surface area contributed by atoms with Crippen molar-refractivity contribution in [1.29, 1.82) is 0 Å². The molecule has 34 heavy (non-hydrogen) atoms. The van der Waals surface area contributed by atoms with E-state index in [1.165, 1.54) is 22.7 Å². The van der Waals surface area contributed by atoms with E-state index in [0.29, 0.717) is 20.6 Å². The smallest absolute Gasteiger partial charge is 0.338 e. The maximum atomic E-state index is 13.7. The number of thiophene rings is 1. The van der Waals surface area contributed by atoms with Crippen molar-refractivity contribution in [3.63, 3.8) is 0 Å². The van der Waals surface area contributed by atoms with E-state index < -0.39 is 12.0 Å². The van der Waals surface area contributed by atoms with E-state index in [1.807, 2.05) is 36.6 Å². The first kappa shape index (κ1) is 24.2. The summed E-state index contributed by atoms with van der Waals surface area (Å²) in [6, 6.07) is 7.40. The Hall–Kier alpha value is -2.97. The molecule has 1 atom stereocenters. The van der Waals surface area contributed by atoms with Crippen molar-refractivity contribution in [2.24, 2.45) is 4.99 Å². The molecule has 178 valence electrons. The minimum atomic E-state index is -0.555. The maximum Gasteiger partial charge on any atom is 0.338 e. The fraction of sp³-hybridized carbons (Fsp3) is 0.346. The van der Waals surface area contributed by atoms with Gasteiger partial charge in [0.1, 0.15) is 11.8 Å². The van der Waals surface area contributed by atoms with Crippen LogP contribution in [-0.4, -0.2) is 24.3 Å². The van der Waals surface area contributed by atoms with Crippen molar-refractivity contribution in [3.05, 3.63) is 82.2 Å². The molecular formula is C26H28N2O4S2. The largest absolute Gasteiger partial charge is 0.496 e. The molecule has 0 unspecified atom stereocenters. The number of allylic oxidation sites excluding steroid dienone is 1. The molecule has 4 rings (SSSR count). The van der Waals surface area contributed by atoms with Crippen LogP contribution < -0.4 is 19.6 Å². The van der Waals surface area contributed by atoms with Crippen LogP contribution in [0, 0.1) is 6.92 Å². The number of aryl methyl sites for hydroxylation is 1. The molecule has 1 aliphatic heterocycles. The van der Waals surface area contributed by atoms with Crippen LogP contribution in [0.15, 0.2) is 50.7 Å². The van der Waals surface area contributed by atoms with E-state index in [2.05, 4.69) is 24.9 Å². The van der Waals surface area contributed by atoms with Gasteiger partial charge in [0.25, 0.3) is 5.56 Å². The number of esters is 1. The molecule has 0 radical (unpaired) electrons. The zero-order valence-electron chi connectivity index (χ0n) is 20.2. The number of methoxy groups -OCH3 is 1. The molecule has 8 heteroatoms. The van der Waals surface area contributed by atoms with Gasteiger partial charge in [-0.2, -0.15) is 0 Å². The lowest BCUT2D eigenvalue weighted by Crippen LogP contribution is -2.39. The van der Waals surface area contributed by atoms with Gasteiger partial charge in [-0.3, -0.25) is 9.36 Å². The molecular weight excluding hydrogens is 468 g/mol. The zero-order valence-corrected chi connectivity index (χ0v) is 21.8. The average Bonchev–Trinajstić information content (AvgIpc) is 3.42. The summed E-state index contributed by atoms with van der Waals surface area (Å²) in [5.41, 5.74) is 3.88. The number of hydrogen-bond donors (Lipinski definition) is 0. The van der Waals surface area contributed by atoms with E-state index in [-0.39, 0.29) is 18.1 Å². The fourth-order valence-electron chi connectivity index (χ4n) is 4.15. The summed E-state index contributed by atoms with van der Waals surface area (Å²) < 4.78 is 13.1. The third-order valence-electron chi connectivity index (χ3n) is 5.86. The fourth-order valence-corrected chi connectivity index (χ4v) is 6.01. The van der Waals surface area contributed by atoms with Crippen molar-refractivity contribution in [1.82, 2.24) is 4.57 Å². The molecule has 0 saturated carbocycles. The number of ether oxygens (including phenoxy) is 2. The number of aromatic nitrogens is 1. The van der Waals surface area contributed by atoms with Crippen LogP contribution >= 0.6 is 22.7 Å². The number of rotatable bonds is 6. The molecule has 3 aromatic rings. The first-order valence-electron chi connectivity index (χ1n) is 11.2. The number of nitrogens with zero attached hydrogens (tertiary/aromatic N) is 2. The van der Waals surface area contributed by atoms with Gasteiger partial charge < -0.3 is 9.47 Å². The lowest BCUT2D eigenvalue weighted by Gasteiger charge is -2.23. The summed E-state index contributed by atoms with van der Waals surface area (Å²) in [5, 5.41) is 1.94. The molecule has 1 aliphatic rings. The van der Waals surface area contributed by atoms with E-state index in [1.54, 1.807) is 25.5 Å². The average molecular weight is 497 g/mol. The highest BCUT2D eigenvalue weighted by atomic mass is 32.1. The molecule has 3 heterocycles. The normalized spacial score (nSPS) is 16.0. The monoisotopic (exact) mass is 496 g/mol. The number of benzene rings is 1. The lowest BCUT2D eigenvalue weighted by atomic mass is 9.96. The molecule has 1 aromatic carbocycles. The Morgan fingerprint density at radius 1 is 1.29 bits per heavy atom. The van der Waals surface area contributed by atoms with E-state index in [0.717, 1.165) is 27.3 Å².